The summed E-state index contributed by atoms with van der Waals surface area (Å²) >= 11 is 0. The normalized spacial score (nSPS) is 32.2. The summed E-state index contributed by atoms with van der Waals surface area (Å²) in [5.41, 5.74) is 0. The minimum Gasteiger partial charge on any atom is -0.450 e. The van der Waals surface area contributed by atoms with Crippen molar-refractivity contribution in [3.8, 4) is 0 Å². The van der Waals surface area contributed by atoms with Crippen molar-refractivity contribution in [1.82, 2.24) is 16.0 Å². The first-order valence-electron chi connectivity index (χ1n) is 19.0. The first-order chi connectivity index (χ1) is 21.8. The first-order valence-corrected chi connectivity index (χ1v) is 19.0. The zero-order valence-electron chi connectivity index (χ0n) is 28.6. The molecule has 0 spiro atoms. The van der Waals surface area contributed by atoms with Crippen molar-refractivity contribution in [2.75, 3.05) is 13.2 Å². The molecule has 45 heavy (non-hydrogen) atoms. The van der Waals surface area contributed by atoms with Crippen molar-refractivity contribution in [3.05, 3.63) is 0 Å². The minimum atomic E-state index is -0.285. The van der Waals surface area contributed by atoms with Gasteiger partial charge in [-0.3, -0.25) is 4.79 Å². The van der Waals surface area contributed by atoms with Crippen molar-refractivity contribution in [2.24, 2.45) is 29.6 Å². The monoisotopic (exact) mass is 631 g/mol. The van der Waals surface area contributed by atoms with Crippen LogP contribution in [0.1, 0.15) is 155 Å². The Morgan fingerprint density at radius 3 is 1.18 bits per heavy atom. The van der Waals surface area contributed by atoms with Gasteiger partial charge in [0.25, 0.3) is 0 Å². The van der Waals surface area contributed by atoms with Crippen LogP contribution in [0.3, 0.4) is 0 Å². The Morgan fingerprint density at radius 1 is 0.489 bits per heavy atom. The Kier molecular flexibility index (Phi) is 15.6. The predicted octanol–water partition coefficient (Wildman–Crippen LogP) is 8.42. The third-order valence-corrected chi connectivity index (χ3v) is 11.6. The topological polar surface area (TPSA) is 106 Å². The van der Waals surface area contributed by atoms with E-state index in [0.29, 0.717) is 19.3 Å². The summed E-state index contributed by atoms with van der Waals surface area (Å²) in [6.07, 6.45) is 25.1. The van der Waals surface area contributed by atoms with E-state index in [1.54, 1.807) is 6.92 Å². The molecule has 0 aromatic carbocycles. The summed E-state index contributed by atoms with van der Waals surface area (Å²) in [7, 11) is 0. The summed E-state index contributed by atoms with van der Waals surface area (Å²) in [6.45, 7) is 4.89. The maximum atomic E-state index is 12.3. The average molecular weight is 632 g/mol. The van der Waals surface area contributed by atoms with Gasteiger partial charge in [-0.25, -0.2) is 9.59 Å². The summed E-state index contributed by atoms with van der Waals surface area (Å²) in [5, 5.41) is 9.25. The molecule has 0 aromatic rings. The molecule has 3 amide bonds. The van der Waals surface area contributed by atoms with Crippen LogP contribution in [0.2, 0.25) is 0 Å². The third-order valence-electron chi connectivity index (χ3n) is 11.6. The van der Waals surface area contributed by atoms with E-state index in [4.69, 9.17) is 9.47 Å². The van der Waals surface area contributed by atoms with Crippen molar-refractivity contribution >= 4 is 18.1 Å². The number of hydrogen-bond donors (Lipinski definition) is 3. The molecule has 0 aliphatic heterocycles. The number of amides is 3. The van der Waals surface area contributed by atoms with Gasteiger partial charge >= 0.3 is 12.2 Å². The number of unbranched alkanes of at least 4 members (excludes halogenated alkanes) is 3. The van der Waals surface area contributed by atoms with Gasteiger partial charge in [0.2, 0.25) is 5.91 Å². The number of carbonyl (C=O) groups is 3. The maximum Gasteiger partial charge on any atom is 0.407 e. The highest BCUT2D eigenvalue weighted by Gasteiger charge is 2.29. The highest BCUT2D eigenvalue weighted by molar-refractivity contribution is 5.73. The summed E-state index contributed by atoms with van der Waals surface area (Å²) in [6, 6.07) is 0.871. The van der Waals surface area contributed by atoms with Crippen LogP contribution in [0.25, 0.3) is 0 Å². The Balaban J connectivity index is 0.919. The highest BCUT2D eigenvalue weighted by Crippen LogP contribution is 2.37. The van der Waals surface area contributed by atoms with Crippen LogP contribution in [0.5, 0.6) is 0 Å². The number of rotatable bonds is 14. The molecule has 0 bridgehead atoms. The number of hydrogen-bond acceptors (Lipinski definition) is 5. The second-order valence-electron chi connectivity index (χ2n) is 15.4. The molecular formula is C37H65N3O5. The third kappa shape index (κ3) is 14.1. The zero-order valence-corrected chi connectivity index (χ0v) is 28.6. The van der Waals surface area contributed by atoms with Gasteiger partial charge in [0.1, 0.15) is 0 Å². The van der Waals surface area contributed by atoms with Gasteiger partial charge < -0.3 is 25.4 Å². The van der Waals surface area contributed by atoms with Crippen LogP contribution in [0.15, 0.2) is 0 Å². The largest absolute Gasteiger partial charge is 0.450 e. The standard InChI is InChI=1S/C37H65N3O5/c1-27-7-9-29(10-8-27)25-31-13-19-34(20-14-31)39-36(42)44-23-5-3-4-6-24-45-37(43)40-35-21-15-32(16-22-35)26-30-11-17-33(18-12-30)38-28(2)41/h27,29-35H,3-26H2,1-2H3,(H,38,41)(H,39,42)(H,40,43). The van der Waals surface area contributed by atoms with Crippen molar-refractivity contribution in [3.63, 3.8) is 0 Å². The lowest BCUT2D eigenvalue weighted by atomic mass is 9.75. The summed E-state index contributed by atoms with van der Waals surface area (Å²) in [4.78, 5) is 35.8. The van der Waals surface area contributed by atoms with Gasteiger partial charge in [-0.15, -0.1) is 0 Å². The molecular weight excluding hydrogens is 566 g/mol. The molecule has 4 fully saturated rings. The zero-order chi connectivity index (χ0) is 31.9. The van der Waals surface area contributed by atoms with Crippen LogP contribution in [0, 0.1) is 29.6 Å². The fourth-order valence-electron chi connectivity index (χ4n) is 8.73. The minimum absolute atomic E-state index is 0.0895. The van der Waals surface area contributed by atoms with Gasteiger partial charge in [-0.1, -0.05) is 32.6 Å². The van der Waals surface area contributed by atoms with E-state index >= 15 is 0 Å². The molecule has 0 atom stereocenters. The molecule has 0 aromatic heterocycles. The van der Waals surface area contributed by atoms with Crippen molar-refractivity contribution in [1.29, 1.82) is 0 Å². The Labute approximate surface area is 273 Å². The maximum absolute atomic E-state index is 12.3. The fourth-order valence-corrected chi connectivity index (χ4v) is 8.73. The van der Waals surface area contributed by atoms with Crippen molar-refractivity contribution < 1.29 is 23.9 Å². The Bertz CT molecular complexity index is 867. The average Bonchev–Trinajstić information content (AvgIpc) is 3.02. The Morgan fingerprint density at radius 2 is 0.822 bits per heavy atom. The lowest BCUT2D eigenvalue weighted by Gasteiger charge is -2.34. The quantitative estimate of drug-likeness (QED) is 0.167. The van der Waals surface area contributed by atoms with E-state index in [0.717, 1.165) is 93.8 Å². The molecule has 258 valence electrons. The van der Waals surface area contributed by atoms with E-state index in [1.807, 2.05) is 0 Å². The molecule has 0 radical (unpaired) electrons. The van der Waals surface area contributed by atoms with Crippen LogP contribution in [0.4, 0.5) is 9.59 Å². The number of alkyl carbamates (subject to hydrolysis) is 2. The van der Waals surface area contributed by atoms with Gasteiger partial charge in [0.15, 0.2) is 0 Å². The van der Waals surface area contributed by atoms with Crippen LogP contribution >= 0.6 is 0 Å². The van der Waals surface area contributed by atoms with E-state index in [1.165, 1.54) is 77.0 Å². The van der Waals surface area contributed by atoms with E-state index < -0.39 is 0 Å². The van der Waals surface area contributed by atoms with Crippen LogP contribution in [-0.2, 0) is 14.3 Å². The molecule has 8 nitrogen and oxygen atoms in total. The molecule has 4 saturated carbocycles. The molecule has 0 saturated heterocycles. The summed E-state index contributed by atoms with van der Waals surface area (Å²) < 4.78 is 10.9. The van der Waals surface area contributed by atoms with Gasteiger partial charge in [-0.05, 0) is 145 Å². The number of carbonyl (C=O) groups excluding carboxylic acids is 3. The Hall–Kier alpha value is -1.99. The number of nitrogens with one attached hydrogen (secondary N) is 3. The fraction of sp³-hybridized carbons (Fsp3) is 0.919. The predicted molar refractivity (Wildman–Crippen MR) is 179 cm³/mol. The summed E-state index contributed by atoms with van der Waals surface area (Å²) in [5.74, 6) is 4.34. The lowest BCUT2D eigenvalue weighted by molar-refractivity contribution is -0.119. The van der Waals surface area contributed by atoms with Crippen molar-refractivity contribution in [2.45, 2.75) is 173 Å². The molecule has 8 heteroatoms. The molecule has 0 heterocycles. The van der Waals surface area contributed by atoms with E-state index in [-0.39, 0.29) is 30.2 Å². The number of ether oxygens (including phenoxy) is 2. The van der Waals surface area contributed by atoms with Gasteiger partial charge in [-0.2, -0.15) is 0 Å². The van der Waals surface area contributed by atoms with Crippen LogP contribution < -0.4 is 16.0 Å². The van der Waals surface area contributed by atoms with Gasteiger partial charge in [0.05, 0.1) is 13.2 Å². The molecule has 3 N–H and O–H groups in total. The molecule has 4 aliphatic rings. The second-order valence-corrected chi connectivity index (χ2v) is 15.4. The molecule has 0 unspecified atom stereocenters. The van der Waals surface area contributed by atoms with E-state index in [2.05, 4.69) is 22.9 Å². The smallest absolute Gasteiger partial charge is 0.407 e. The van der Waals surface area contributed by atoms with E-state index in [9.17, 15) is 14.4 Å². The van der Waals surface area contributed by atoms with Crippen LogP contribution in [-0.4, -0.2) is 49.4 Å². The molecule has 4 rings (SSSR count). The lowest BCUT2D eigenvalue weighted by Crippen LogP contribution is -2.39. The SMILES string of the molecule is CC(=O)NC1CCC(CC2CCC(NC(=O)OCCCCCCOC(=O)NC3CCC(CC4CCC(C)CC4)CC3)CC2)CC1. The first kappa shape index (κ1) is 35.9. The second kappa shape index (κ2) is 19.6. The molecule has 4 aliphatic carbocycles. The van der Waals surface area contributed by atoms with Gasteiger partial charge in [0, 0.05) is 25.0 Å². The highest BCUT2D eigenvalue weighted by atomic mass is 16.6.